The van der Waals surface area contributed by atoms with Crippen molar-refractivity contribution in [2.75, 3.05) is 0 Å². The molecule has 1 unspecified atom stereocenters. The second-order valence-corrected chi connectivity index (χ2v) is 12.8. The topological polar surface area (TPSA) is 122 Å². The highest BCUT2D eigenvalue weighted by Gasteiger charge is 2.24. The van der Waals surface area contributed by atoms with Crippen molar-refractivity contribution in [1.29, 1.82) is 0 Å². The van der Waals surface area contributed by atoms with E-state index < -0.39 is 21.1 Å². The molecule has 0 aromatic heterocycles. The average Bonchev–Trinajstić information content (AvgIpc) is 2.93. The van der Waals surface area contributed by atoms with Crippen molar-refractivity contribution in [2.45, 2.75) is 141 Å². The number of hydrogen-bond acceptors (Lipinski definition) is 6. The van der Waals surface area contributed by atoms with Crippen LogP contribution in [0.3, 0.4) is 0 Å². The van der Waals surface area contributed by atoms with E-state index in [2.05, 4.69) is 6.92 Å². The Morgan fingerprint density at radius 1 is 0.780 bits per heavy atom. The van der Waals surface area contributed by atoms with Gasteiger partial charge in [0.1, 0.15) is 4.90 Å². The quantitative estimate of drug-likeness (QED) is 0.0630. The number of nitro groups is 1. The van der Waals surface area contributed by atoms with E-state index in [1.165, 1.54) is 95.2 Å². The van der Waals surface area contributed by atoms with Gasteiger partial charge >= 0.3 is 0 Å². The number of aryl methyl sites for hydroxylation is 1. The summed E-state index contributed by atoms with van der Waals surface area (Å²) in [5.74, 6) is 0. The summed E-state index contributed by atoms with van der Waals surface area (Å²) in [5, 5.41) is 11.2. The Balaban J connectivity index is 0.00000840. The third kappa shape index (κ3) is 14.4. The molecule has 0 aliphatic heterocycles. The van der Waals surface area contributed by atoms with Gasteiger partial charge in [-0.2, -0.15) is 8.42 Å². The van der Waals surface area contributed by atoms with Crippen molar-refractivity contribution in [1.82, 2.24) is 6.15 Å². The molecule has 0 saturated heterocycles. The summed E-state index contributed by atoms with van der Waals surface area (Å²) < 4.78 is 31.9. The van der Waals surface area contributed by atoms with Crippen LogP contribution in [0.5, 0.6) is 0 Å². The van der Waals surface area contributed by atoms with Crippen molar-refractivity contribution < 1.29 is 17.5 Å². The van der Waals surface area contributed by atoms with Gasteiger partial charge in [-0.15, -0.1) is 0 Å². The largest absolute Gasteiger partial charge is 0.344 e. The molecule has 0 fully saturated rings. The van der Waals surface area contributed by atoms with Crippen LogP contribution in [-0.2, 0) is 20.7 Å². The fraction of sp³-hybridized carbons (Fsp3) is 0.636. The van der Waals surface area contributed by atoms with Crippen molar-refractivity contribution in [3.05, 3.63) is 69.3 Å². The molecule has 0 radical (unpaired) electrons. The van der Waals surface area contributed by atoms with Crippen molar-refractivity contribution in [2.24, 2.45) is 0 Å². The number of nitrogens with zero attached hydrogens (tertiary/aromatic N) is 1. The monoisotopic (exact) mass is 590 g/mol. The summed E-state index contributed by atoms with van der Waals surface area (Å²) >= 11 is 0. The smallest absolute Gasteiger partial charge is 0.297 e. The van der Waals surface area contributed by atoms with Crippen LogP contribution in [-0.4, -0.2) is 19.4 Å². The molecule has 3 N–H and O–H groups in total. The second-order valence-electron chi connectivity index (χ2n) is 11.2. The normalized spacial score (nSPS) is 12.2. The van der Waals surface area contributed by atoms with Gasteiger partial charge in [0, 0.05) is 18.6 Å². The zero-order valence-electron chi connectivity index (χ0n) is 25.7. The van der Waals surface area contributed by atoms with E-state index in [1.807, 2.05) is 32.0 Å². The molecular formula is C33H54N2O5S. The lowest BCUT2D eigenvalue weighted by molar-refractivity contribution is -0.385. The van der Waals surface area contributed by atoms with Gasteiger partial charge in [-0.25, -0.2) is 0 Å². The maximum absolute atomic E-state index is 13.1. The molecule has 0 aliphatic carbocycles. The molecule has 0 heterocycles. The van der Waals surface area contributed by atoms with Crippen LogP contribution in [0, 0.1) is 24.0 Å². The van der Waals surface area contributed by atoms with Crippen LogP contribution in [0.25, 0.3) is 0 Å². The lowest BCUT2D eigenvalue weighted by Crippen LogP contribution is -2.22. The third-order valence-corrected chi connectivity index (χ3v) is 9.23. The zero-order valence-corrected chi connectivity index (χ0v) is 26.6. The number of benzene rings is 2. The molecule has 7 nitrogen and oxygen atoms in total. The van der Waals surface area contributed by atoms with E-state index in [-0.39, 0.29) is 16.7 Å². The molecule has 0 saturated carbocycles. The highest BCUT2D eigenvalue weighted by Crippen LogP contribution is 2.25. The van der Waals surface area contributed by atoms with Crippen LogP contribution in [0.15, 0.2) is 47.4 Å². The van der Waals surface area contributed by atoms with Gasteiger partial charge in [0.15, 0.2) is 0 Å². The van der Waals surface area contributed by atoms with E-state index in [1.54, 1.807) is 0 Å². The standard InChI is InChI=1S/C33H51NO5S.H3N/c1-4-5-6-7-8-9-10-11-12-13-14-15-16-17-18-24-32(26-30-22-19-21-28(2)29(30)3)39-40(37,38)33-25-20-23-31(27-33)34(35)36;/h19-23,25,27,32H,4-18,24,26H2,1-3H3;1H3. The zero-order chi connectivity index (χ0) is 29.2. The van der Waals surface area contributed by atoms with Gasteiger partial charge in [0.25, 0.3) is 15.8 Å². The van der Waals surface area contributed by atoms with Crippen LogP contribution >= 0.6 is 0 Å². The number of unbranched alkanes of at least 4 members (excludes halogenated alkanes) is 14. The molecule has 2 aromatic carbocycles. The summed E-state index contributed by atoms with van der Waals surface area (Å²) in [6.45, 7) is 6.35. The molecule has 2 aromatic rings. The number of rotatable bonds is 22. The Morgan fingerprint density at radius 2 is 1.29 bits per heavy atom. The molecular weight excluding hydrogens is 536 g/mol. The molecule has 41 heavy (non-hydrogen) atoms. The van der Waals surface area contributed by atoms with Gasteiger partial charge in [-0.1, -0.05) is 128 Å². The first-order valence-corrected chi connectivity index (χ1v) is 16.9. The average molecular weight is 591 g/mol. The maximum atomic E-state index is 13.1. The molecule has 2 rings (SSSR count). The number of non-ortho nitro benzene ring substituents is 1. The predicted octanol–water partition coefficient (Wildman–Crippen LogP) is 9.95. The van der Waals surface area contributed by atoms with Gasteiger partial charge in [-0.3, -0.25) is 14.3 Å². The molecule has 0 spiro atoms. The first-order valence-electron chi connectivity index (χ1n) is 15.5. The summed E-state index contributed by atoms with van der Waals surface area (Å²) in [7, 11) is -4.13. The van der Waals surface area contributed by atoms with Crippen LogP contribution in [0.2, 0.25) is 0 Å². The Kier molecular flexibility index (Phi) is 18.4. The van der Waals surface area contributed by atoms with Gasteiger partial charge in [-0.05, 0) is 43.0 Å². The summed E-state index contributed by atoms with van der Waals surface area (Å²) in [4.78, 5) is 10.4. The Morgan fingerprint density at radius 3 is 1.83 bits per heavy atom. The second kappa shape index (κ2) is 20.6. The first kappa shape index (κ1) is 36.7. The molecule has 0 amide bonds. The van der Waals surface area contributed by atoms with Crippen molar-refractivity contribution in [3.8, 4) is 0 Å². The van der Waals surface area contributed by atoms with Gasteiger partial charge in [0.05, 0.1) is 11.0 Å². The fourth-order valence-corrected chi connectivity index (χ4v) is 6.34. The molecule has 1 atom stereocenters. The van der Waals surface area contributed by atoms with Crippen LogP contribution in [0.1, 0.15) is 126 Å². The van der Waals surface area contributed by atoms with Crippen molar-refractivity contribution in [3.63, 3.8) is 0 Å². The Bertz CT molecular complexity index is 1120. The third-order valence-electron chi connectivity index (χ3n) is 7.87. The molecule has 8 heteroatoms. The first-order chi connectivity index (χ1) is 19.2. The lowest BCUT2D eigenvalue weighted by atomic mass is 9.96. The minimum atomic E-state index is -4.13. The predicted molar refractivity (Wildman–Crippen MR) is 169 cm³/mol. The van der Waals surface area contributed by atoms with E-state index in [0.29, 0.717) is 12.8 Å². The minimum Gasteiger partial charge on any atom is -0.344 e. The van der Waals surface area contributed by atoms with Crippen molar-refractivity contribution >= 4 is 15.8 Å². The summed E-state index contributed by atoms with van der Waals surface area (Å²) in [6, 6.07) is 11.1. The van der Waals surface area contributed by atoms with Crippen LogP contribution < -0.4 is 6.15 Å². The van der Waals surface area contributed by atoms with E-state index in [9.17, 15) is 18.5 Å². The van der Waals surface area contributed by atoms with Gasteiger partial charge < -0.3 is 6.15 Å². The SMILES string of the molecule is CCCCCCCCCCCCCCCCCC(Cc1cccc(C)c1C)OS(=O)(=O)c1cccc([N+](=O)[O-])c1.N. The highest BCUT2D eigenvalue weighted by molar-refractivity contribution is 7.86. The Labute approximate surface area is 249 Å². The van der Waals surface area contributed by atoms with Crippen LogP contribution in [0.4, 0.5) is 5.69 Å². The number of hydrogen-bond donors (Lipinski definition) is 1. The lowest BCUT2D eigenvalue weighted by Gasteiger charge is -2.19. The van der Waals surface area contributed by atoms with Gasteiger partial charge in [0.2, 0.25) is 0 Å². The highest BCUT2D eigenvalue weighted by atomic mass is 32.2. The van der Waals surface area contributed by atoms with E-state index >= 15 is 0 Å². The molecule has 232 valence electrons. The fourth-order valence-electron chi connectivity index (χ4n) is 5.19. The molecule has 0 aliphatic rings. The molecule has 0 bridgehead atoms. The summed E-state index contributed by atoms with van der Waals surface area (Å²) in [6.07, 6.45) is 19.7. The van der Waals surface area contributed by atoms with E-state index in [0.717, 1.165) is 42.0 Å². The summed E-state index contributed by atoms with van der Waals surface area (Å²) in [5.41, 5.74) is 3.10. The van der Waals surface area contributed by atoms with E-state index in [4.69, 9.17) is 4.18 Å². The maximum Gasteiger partial charge on any atom is 0.297 e. The number of nitro benzene ring substituents is 1. The minimum absolute atomic E-state index is 0. The Hall–Kier alpha value is -2.29.